The summed E-state index contributed by atoms with van der Waals surface area (Å²) in [5.41, 5.74) is 7.19. The number of methoxy groups -OCH3 is 1. The van der Waals surface area contributed by atoms with E-state index in [0.717, 1.165) is 10.0 Å². The fourth-order valence-corrected chi connectivity index (χ4v) is 2.06. The van der Waals surface area contributed by atoms with E-state index in [2.05, 4.69) is 15.9 Å². The van der Waals surface area contributed by atoms with Crippen molar-refractivity contribution in [2.45, 2.75) is 13.3 Å². The summed E-state index contributed by atoms with van der Waals surface area (Å²) in [6, 6.07) is 5.55. The van der Waals surface area contributed by atoms with Crippen LogP contribution in [0, 0.1) is 6.92 Å². The van der Waals surface area contributed by atoms with Gasteiger partial charge in [0.25, 0.3) is 5.91 Å². The predicted molar refractivity (Wildman–Crippen MR) is 88.1 cm³/mol. The molecule has 1 aromatic carbocycles. The zero-order chi connectivity index (χ0) is 15.1. The van der Waals surface area contributed by atoms with E-state index in [4.69, 9.17) is 22.7 Å². The molecule has 1 rings (SSSR count). The maximum atomic E-state index is 12.5. The summed E-state index contributed by atoms with van der Waals surface area (Å²) in [6.07, 6.45) is 0.514. The van der Waals surface area contributed by atoms with Crippen LogP contribution in [0.4, 0.5) is 0 Å². The highest BCUT2D eigenvalue weighted by molar-refractivity contribution is 9.10. The molecule has 0 unspecified atom stereocenters. The number of carbonyl (C=O) groups is 1. The van der Waals surface area contributed by atoms with Gasteiger partial charge in [0.1, 0.15) is 0 Å². The lowest BCUT2D eigenvalue weighted by Gasteiger charge is -2.22. The Balaban J connectivity index is 2.84. The first-order valence-corrected chi connectivity index (χ1v) is 7.48. The van der Waals surface area contributed by atoms with Gasteiger partial charge in [-0.05, 0) is 30.7 Å². The van der Waals surface area contributed by atoms with E-state index in [0.29, 0.717) is 36.7 Å². The number of amides is 1. The molecule has 0 fully saturated rings. The van der Waals surface area contributed by atoms with Crippen LogP contribution in [-0.2, 0) is 4.74 Å². The third-order valence-corrected chi connectivity index (χ3v) is 3.98. The highest BCUT2D eigenvalue weighted by Crippen LogP contribution is 2.18. The maximum Gasteiger partial charge on any atom is 0.253 e. The van der Waals surface area contributed by atoms with Crippen molar-refractivity contribution in [3.05, 3.63) is 33.8 Å². The minimum absolute atomic E-state index is 0.0334. The van der Waals surface area contributed by atoms with Gasteiger partial charge in [0.05, 0.1) is 11.6 Å². The van der Waals surface area contributed by atoms with Gasteiger partial charge >= 0.3 is 0 Å². The van der Waals surface area contributed by atoms with Crippen LogP contribution < -0.4 is 5.73 Å². The lowest BCUT2D eigenvalue weighted by molar-refractivity contribution is 0.0701. The first-order valence-electron chi connectivity index (χ1n) is 6.28. The van der Waals surface area contributed by atoms with E-state index in [1.165, 1.54) is 0 Å². The Hall–Kier alpha value is -0.980. The monoisotopic (exact) mass is 358 g/mol. The van der Waals surface area contributed by atoms with E-state index in [9.17, 15) is 4.79 Å². The van der Waals surface area contributed by atoms with E-state index in [-0.39, 0.29) is 5.91 Å². The van der Waals surface area contributed by atoms with Crippen LogP contribution in [0.15, 0.2) is 22.7 Å². The number of rotatable bonds is 7. The van der Waals surface area contributed by atoms with Gasteiger partial charge in [-0.1, -0.05) is 28.1 Å². The molecule has 0 aliphatic rings. The molecule has 1 aromatic rings. The molecule has 0 saturated carbocycles. The van der Waals surface area contributed by atoms with E-state index >= 15 is 0 Å². The van der Waals surface area contributed by atoms with Gasteiger partial charge < -0.3 is 15.4 Å². The summed E-state index contributed by atoms with van der Waals surface area (Å²) in [7, 11) is 1.61. The summed E-state index contributed by atoms with van der Waals surface area (Å²) < 4.78 is 6.03. The quantitative estimate of drug-likeness (QED) is 0.760. The normalized spacial score (nSPS) is 10.3. The van der Waals surface area contributed by atoms with Crippen LogP contribution in [0.5, 0.6) is 0 Å². The Labute approximate surface area is 133 Å². The van der Waals surface area contributed by atoms with Crippen molar-refractivity contribution in [1.29, 1.82) is 0 Å². The molecule has 0 aliphatic heterocycles. The minimum Gasteiger partial charge on any atom is -0.393 e. The molecule has 0 saturated heterocycles. The molecule has 1 amide bonds. The standard InChI is InChI=1S/C14H19BrN2O2S/c1-10-9-11(3-4-12(10)15)14(18)17(7-8-19-2)6-5-13(16)20/h3-4,9H,5-8H2,1-2H3,(H2,16,20). The first kappa shape index (κ1) is 17.1. The summed E-state index contributed by atoms with van der Waals surface area (Å²) >= 11 is 8.30. The van der Waals surface area contributed by atoms with Crippen LogP contribution in [-0.4, -0.2) is 42.6 Å². The second-order valence-corrected chi connectivity index (χ2v) is 5.84. The number of aryl methyl sites for hydroxylation is 1. The van der Waals surface area contributed by atoms with Crippen molar-refractivity contribution in [2.75, 3.05) is 26.8 Å². The molecule has 20 heavy (non-hydrogen) atoms. The lowest BCUT2D eigenvalue weighted by Crippen LogP contribution is -2.36. The highest BCUT2D eigenvalue weighted by Gasteiger charge is 2.16. The summed E-state index contributed by atoms with van der Waals surface area (Å²) in [5, 5.41) is 0. The molecular formula is C14H19BrN2O2S. The molecule has 2 N–H and O–H groups in total. The number of thiocarbonyl (C=S) groups is 1. The van der Waals surface area contributed by atoms with Crippen molar-refractivity contribution in [3.63, 3.8) is 0 Å². The van der Waals surface area contributed by atoms with Gasteiger partial charge in [0, 0.05) is 36.7 Å². The minimum atomic E-state index is -0.0334. The molecule has 0 aliphatic carbocycles. The number of hydrogen-bond acceptors (Lipinski definition) is 3. The molecule has 0 radical (unpaired) electrons. The van der Waals surface area contributed by atoms with Crippen molar-refractivity contribution in [1.82, 2.24) is 4.90 Å². The van der Waals surface area contributed by atoms with E-state index in [1.54, 1.807) is 18.1 Å². The summed E-state index contributed by atoms with van der Waals surface area (Å²) in [6.45, 7) is 3.47. The van der Waals surface area contributed by atoms with Crippen molar-refractivity contribution >= 4 is 39.0 Å². The topological polar surface area (TPSA) is 55.6 Å². The number of ether oxygens (including phenoxy) is 1. The zero-order valence-electron chi connectivity index (χ0n) is 11.7. The van der Waals surface area contributed by atoms with Gasteiger partial charge in [-0.25, -0.2) is 0 Å². The van der Waals surface area contributed by atoms with Gasteiger partial charge in [-0.3, -0.25) is 4.79 Å². The van der Waals surface area contributed by atoms with Crippen molar-refractivity contribution < 1.29 is 9.53 Å². The van der Waals surface area contributed by atoms with Crippen LogP contribution in [0.2, 0.25) is 0 Å². The second kappa shape index (κ2) is 8.34. The SMILES string of the molecule is COCCN(CCC(N)=S)C(=O)c1ccc(Br)c(C)c1. The largest absolute Gasteiger partial charge is 0.393 e. The van der Waals surface area contributed by atoms with Crippen LogP contribution in [0.1, 0.15) is 22.3 Å². The maximum absolute atomic E-state index is 12.5. The van der Waals surface area contributed by atoms with Gasteiger partial charge in [0.15, 0.2) is 0 Å². The Bertz CT molecular complexity index is 494. The van der Waals surface area contributed by atoms with Crippen molar-refractivity contribution in [2.24, 2.45) is 5.73 Å². The molecule has 6 heteroatoms. The number of carbonyl (C=O) groups excluding carboxylic acids is 1. The molecule has 0 heterocycles. The third-order valence-electron chi connectivity index (χ3n) is 2.89. The Kier molecular flexibility index (Phi) is 7.12. The fourth-order valence-electron chi connectivity index (χ4n) is 1.72. The molecule has 110 valence electrons. The van der Waals surface area contributed by atoms with Crippen LogP contribution >= 0.6 is 28.1 Å². The van der Waals surface area contributed by atoms with Gasteiger partial charge in [-0.2, -0.15) is 0 Å². The summed E-state index contributed by atoms with van der Waals surface area (Å²) in [4.78, 5) is 14.6. The average molecular weight is 359 g/mol. The molecule has 0 bridgehead atoms. The molecule has 0 atom stereocenters. The zero-order valence-corrected chi connectivity index (χ0v) is 14.1. The second-order valence-electron chi connectivity index (χ2n) is 4.47. The van der Waals surface area contributed by atoms with Gasteiger partial charge in [-0.15, -0.1) is 0 Å². The Morgan fingerprint density at radius 3 is 2.70 bits per heavy atom. The molecule has 4 nitrogen and oxygen atoms in total. The third kappa shape index (κ3) is 5.19. The van der Waals surface area contributed by atoms with E-state index in [1.807, 2.05) is 19.1 Å². The average Bonchev–Trinajstić information content (AvgIpc) is 2.41. The summed E-state index contributed by atoms with van der Waals surface area (Å²) in [5.74, 6) is -0.0334. The molecule has 0 aromatic heterocycles. The number of nitrogens with two attached hydrogens (primary N) is 1. The fraction of sp³-hybridized carbons (Fsp3) is 0.429. The van der Waals surface area contributed by atoms with Gasteiger partial charge in [0.2, 0.25) is 0 Å². The molecular weight excluding hydrogens is 340 g/mol. The van der Waals surface area contributed by atoms with Crippen LogP contribution in [0.3, 0.4) is 0 Å². The number of hydrogen-bond donors (Lipinski definition) is 1. The smallest absolute Gasteiger partial charge is 0.253 e. The van der Waals surface area contributed by atoms with E-state index < -0.39 is 0 Å². The highest BCUT2D eigenvalue weighted by atomic mass is 79.9. The lowest BCUT2D eigenvalue weighted by atomic mass is 10.1. The molecule has 0 spiro atoms. The number of benzene rings is 1. The number of nitrogens with zero attached hydrogens (tertiary/aromatic N) is 1. The first-order chi connectivity index (χ1) is 9.45. The number of halogens is 1. The van der Waals surface area contributed by atoms with Crippen molar-refractivity contribution in [3.8, 4) is 0 Å². The Morgan fingerprint density at radius 1 is 1.45 bits per heavy atom. The predicted octanol–water partition coefficient (Wildman–Crippen LogP) is 2.52. The Morgan fingerprint density at radius 2 is 2.15 bits per heavy atom. The van der Waals surface area contributed by atoms with Crippen LogP contribution in [0.25, 0.3) is 0 Å².